The number of imidazole rings is 1. The van der Waals surface area contributed by atoms with Gasteiger partial charge in [-0.15, -0.1) is 0 Å². The first-order valence-electron chi connectivity index (χ1n) is 12.2. The molecule has 0 bridgehead atoms. The third-order valence-corrected chi connectivity index (χ3v) is 6.26. The van der Waals surface area contributed by atoms with E-state index in [2.05, 4.69) is 10.3 Å². The van der Waals surface area contributed by atoms with Gasteiger partial charge in [-0.25, -0.2) is 13.8 Å². The van der Waals surface area contributed by atoms with Crippen molar-refractivity contribution in [1.82, 2.24) is 14.9 Å². The molecule has 1 aromatic heterocycles. The zero-order valence-corrected chi connectivity index (χ0v) is 23.1. The third-order valence-electron chi connectivity index (χ3n) is 6.26. The number of aliphatic hydroxyl groups is 2. The molecule has 4 rings (SSSR count). The van der Waals surface area contributed by atoms with Crippen molar-refractivity contribution in [3.63, 3.8) is 0 Å². The molecule has 0 spiro atoms. The average molecular weight is 536 g/mol. The van der Waals surface area contributed by atoms with Gasteiger partial charge < -0.3 is 30.0 Å². The number of aromatic nitrogens is 2. The number of amides is 1. The van der Waals surface area contributed by atoms with E-state index in [-0.39, 0.29) is 67.1 Å². The monoisotopic (exact) mass is 535 g/mol. The second kappa shape index (κ2) is 13.4. The molecule has 0 saturated heterocycles. The van der Waals surface area contributed by atoms with Gasteiger partial charge in [-0.1, -0.05) is 12.1 Å². The fourth-order valence-corrected chi connectivity index (χ4v) is 4.35. The molecule has 1 saturated carbocycles. The molecule has 3 N–H and O–H groups in total. The van der Waals surface area contributed by atoms with Gasteiger partial charge in [-0.2, -0.15) is 0 Å². The summed E-state index contributed by atoms with van der Waals surface area (Å²) in [6.07, 6.45) is -1.10. The van der Waals surface area contributed by atoms with Crippen LogP contribution in [0.15, 0.2) is 48.5 Å². The number of halogens is 2. The van der Waals surface area contributed by atoms with Crippen molar-refractivity contribution in [3.8, 4) is 11.4 Å². The van der Waals surface area contributed by atoms with E-state index in [0.29, 0.717) is 22.6 Å². The molecule has 8 nitrogen and oxygen atoms in total. The number of hydrogen-bond donors (Lipinski definition) is 3. The number of nitrogens with one attached hydrogen (secondary N) is 1. The van der Waals surface area contributed by atoms with E-state index in [1.807, 2.05) is 4.57 Å². The van der Waals surface area contributed by atoms with Crippen LogP contribution in [0.1, 0.15) is 59.8 Å². The van der Waals surface area contributed by atoms with Crippen LogP contribution in [0.5, 0.6) is 0 Å². The fraction of sp³-hybridized carbons (Fsp3) is 0.370. The van der Waals surface area contributed by atoms with Crippen molar-refractivity contribution in [2.75, 3.05) is 0 Å². The van der Waals surface area contributed by atoms with Crippen molar-refractivity contribution in [3.05, 3.63) is 77.1 Å². The molecule has 2 atom stereocenters. The minimum atomic E-state index is -1.40. The Bertz CT molecular complexity index is 1260. The summed E-state index contributed by atoms with van der Waals surface area (Å²) in [4.78, 5) is 28.5. The van der Waals surface area contributed by atoms with Gasteiger partial charge in [0.05, 0.1) is 17.9 Å². The molecule has 38 heavy (non-hydrogen) atoms. The van der Waals surface area contributed by atoms with Crippen LogP contribution in [0, 0.1) is 11.6 Å². The summed E-state index contributed by atoms with van der Waals surface area (Å²) >= 11 is 0. The van der Waals surface area contributed by atoms with E-state index in [9.17, 15) is 33.7 Å². The first-order chi connectivity index (χ1) is 17.7. The van der Waals surface area contributed by atoms with Gasteiger partial charge in [0, 0.05) is 37.0 Å². The summed E-state index contributed by atoms with van der Waals surface area (Å²) in [7, 11) is 0. The van der Waals surface area contributed by atoms with Gasteiger partial charge in [0.2, 0.25) is 0 Å². The molecule has 0 unspecified atom stereocenters. The van der Waals surface area contributed by atoms with Crippen LogP contribution >= 0.6 is 0 Å². The molecule has 1 amide bonds. The maximum Gasteiger partial charge on any atom is 1.00 e. The van der Waals surface area contributed by atoms with Crippen LogP contribution < -0.4 is 40.0 Å². The van der Waals surface area contributed by atoms with E-state index >= 15 is 0 Å². The average Bonchev–Trinajstić information content (AvgIpc) is 3.61. The van der Waals surface area contributed by atoms with Crippen LogP contribution in [-0.4, -0.2) is 43.8 Å². The number of benzene rings is 2. The Morgan fingerprint density at radius 3 is 2.42 bits per heavy atom. The van der Waals surface area contributed by atoms with E-state index in [4.69, 9.17) is 0 Å². The topological polar surface area (TPSA) is 128 Å². The minimum absolute atomic E-state index is 0. The standard InChI is InChI=1S/C27H29F2N3O5.Na/c28-19-8-6-18(7-9-19)26-31-24(27(37)30-15-16-2-1-3-20(29)12-16)25(17-4-5-17)32(26)11-10-21(33)13-22(34)14-23(35)36;/h1-3,6-9,12,17,21-22,33-34H,4-5,10-11,13-15H2,(H,30,37)(H,35,36);/q;+1/p-1/t21-,22-;/m1./s1. The van der Waals surface area contributed by atoms with E-state index < -0.39 is 42.1 Å². The summed E-state index contributed by atoms with van der Waals surface area (Å²) < 4.78 is 29.0. The summed E-state index contributed by atoms with van der Waals surface area (Å²) in [5.74, 6) is -2.15. The fourth-order valence-electron chi connectivity index (χ4n) is 4.35. The summed E-state index contributed by atoms with van der Waals surface area (Å²) in [6.45, 7) is 0.344. The molecule has 11 heteroatoms. The number of hydrogen-bond acceptors (Lipinski definition) is 6. The Kier molecular flexibility index (Phi) is 10.6. The van der Waals surface area contributed by atoms with Crippen LogP contribution in [0.2, 0.25) is 0 Å². The molecule has 3 aromatic rings. The predicted octanol–water partition coefficient (Wildman–Crippen LogP) is -0.718. The molecular weight excluding hydrogens is 507 g/mol. The Morgan fingerprint density at radius 1 is 1.08 bits per heavy atom. The molecule has 1 aliphatic carbocycles. The quantitative estimate of drug-likeness (QED) is 0.263. The Balaban J connectivity index is 0.00000400. The zero-order chi connectivity index (χ0) is 26.5. The van der Waals surface area contributed by atoms with Gasteiger partial charge in [0.25, 0.3) is 5.91 Å². The van der Waals surface area contributed by atoms with E-state index in [1.165, 1.54) is 24.3 Å². The number of aliphatic carboxylic acids is 1. The van der Waals surface area contributed by atoms with Gasteiger partial charge in [0.15, 0.2) is 0 Å². The maximum absolute atomic E-state index is 13.6. The number of carbonyl (C=O) groups excluding carboxylic acids is 2. The second-order valence-electron chi connectivity index (χ2n) is 9.32. The largest absolute Gasteiger partial charge is 1.00 e. The number of nitrogens with zero attached hydrogens (tertiary/aromatic N) is 2. The van der Waals surface area contributed by atoms with E-state index in [0.717, 1.165) is 12.8 Å². The van der Waals surface area contributed by atoms with Crippen LogP contribution in [0.4, 0.5) is 8.78 Å². The predicted molar refractivity (Wildman–Crippen MR) is 128 cm³/mol. The number of carboxylic acid groups (broad SMARTS) is 1. The first kappa shape index (κ1) is 29.9. The molecule has 1 heterocycles. The number of carbonyl (C=O) groups is 2. The molecule has 2 aromatic carbocycles. The van der Waals surface area contributed by atoms with Gasteiger partial charge in [-0.3, -0.25) is 4.79 Å². The summed E-state index contributed by atoms with van der Waals surface area (Å²) in [5.41, 5.74) is 2.08. The maximum atomic E-state index is 13.6. The second-order valence-corrected chi connectivity index (χ2v) is 9.32. The molecule has 1 fully saturated rings. The van der Waals surface area contributed by atoms with Gasteiger partial charge in [-0.05, 0) is 67.6 Å². The summed E-state index contributed by atoms with van der Waals surface area (Å²) in [6, 6.07) is 11.6. The van der Waals surface area contributed by atoms with Crippen molar-refractivity contribution in [1.29, 1.82) is 0 Å². The number of rotatable bonds is 12. The van der Waals surface area contributed by atoms with Crippen molar-refractivity contribution >= 4 is 11.9 Å². The van der Waals surface area contributed by atoms with Crippen molar-refractivity contribution in [2.24, 2.45) is 0 Å². The van der Waals surface area contributed by atoms with Crippen LogP contribution in [-0.2, 0) is 17.9 Å². The smallest absolute Gasteiger partial charge is 0.550 e. The Labute approximate surface area is 241 Å². The Morgan fingerprint density at radius 2 is 1.79 bits per heavy atom. The minimum Gasteiger partial charge on any atom is -0.550 e. The normalized spacial score (nSPS) is 14.4. The molecule has 196 valence electrons. The van der Waals surface area contributed by atoms with Crippen molar-refractivity contribution < 1.29 is 63.2 Å². The van der Waals surface area contributed by atoms with Gasteiger partial charge in [0.1, 0.15) is 23.2 Å². The van der Waals surface area contributed by atoms with E-state index in [1.54, 1.807) is 24.3 Å². The molecule has 0 radical (unpaired) electrons. The zero-order valence-electron chi connectivity index (χ0n) is 21.1. The third kappa shape index (κ3) is 7.94. The SMILES string of the molecule is O=C([O-])C[C@H](O)C[C@H](O)CCn1c(-c2ccc(F)cc2)nc(C(=O)NCc2cccc(F)c2)c1C1CC1.[Na+]. The van der Waals surface area contributed by atoms with Crippen molar-refractivity contribution in [2.45, 2.75) is 63.3 Å². The first-order valence-corrected chi connectivity index (χ1v) is 12.2. The Hall–Kier alpha value is -2.63. The van der Waals surface area contributed by atoms with Crippen LogP contribution in [0.3, 0.4) is 0 Å². The van der Waals surface area contributed by atoms with Gasteiger partial charge >= 0.3 is 29.6 Å². The summed E-state index contributed by atoms with van der Waals surface area (Å²) in [5, 5.41) is 33.7. The number of carboxylic acids is 1. The van der Waals surface area contributed by atoms with Crippen LogP contribution in [0.25, 0.3) is 11.4 Å². The molecule has 1 aliphatic rings. The molecular formula is C27H28F2N3NaO5. The number of aliphatic hydroxyl groups excluding tert-OH is 2. The molecule has 0 aliphatic heterocycles.